The van der Waals surface area contributed by atoms with Gasteiger partial charge in [-0.05, 0) is 31.7 Å². The largest absolute Gasteiger partial charge is 0.367 e. The summed E-state index contributed by atoms with van der Waals surface area (Å²) in [6.45, 7) is 3.64. The molecule has 1 aromatic carbocycles. The second kappa shape index (κ2) is 5.37. The van der Waals surface area contributed by atoms with E-state index in [0.29, 0.717) is 0 Å². The predicted molar refractivity (Wildman–Crippen MR) is 82.7 cm³/mol. The van der Waals surface area contributed by atoms with E-state index in [1.54, 1.807) is 0 Å². The summed E-state index contributed by atoms with van der Waals surface area (Å²) in [5.41, 5.74) is 7.21. The van der Waals surface area contributed by atoms with Gasteiger partial charge in [0.05, 0.1) is 5.69 Å². The van der Waals surface area contributed by atoms with E-state index in [0.717, 1.165) is 30.0 Å². The molecule has 2 aromatic rings. The molecular formula is C16H22N4. The predicted octanol–water partition coefficient (Wildman–Crippen LogP) is 2.87. The fourth-order valence-electron chi connectivity index (χ4n) is 3.22. The Bertz CT molecular complexity index is 602. The number of benzene rings is 1. The molecule has 1 aromatic heterocycles. The molecule has 4 heteroatoms. The first-order valence-electron chi connectivity index (χ1n) is 7.40. The summed E-state index contributed by atoms with van der Waals surface area (Å²) >= 11 is 0. The molecule has 0 atom stereocenters. The molecular weight excluding hydrogens is 248 g/mol. The fourth-order valence-corrected chi connectivity index (χ4v) is 3.22. The Morgan fingerprint density at radius 3 is 2.55 bits per heavy atom. The quantitative estimate of drug-likeness (QED) is 0.896. The van der Waals surface area contributed by atoms with Crippen molar-refractivity contribution in [3.05, 3.63) is 30.0 Å². The van der Waals surface area contributed by atoms with E-state index in [-0.39, 0.29) is 5.41 Å². The molecule has 0 amide bonds. The highest BCUT2D eigenvalue weighted by atomic mass is 15.2. The summed E-state index contributed by atoms with van der Waals surface area (Å²) in [6, 6.07) is 8.28. The van der Waals surface area contributed by atoms with Gasteiger partial charge in [0.25, 0.3) is 0 Å². The van der Waals surface area contributed by atoms with Gasteiger partial charge in [-0.2, -0.15) is 5.10 Å². The Morgan fingerprint density at radius 1 is 1.15 bits per heavy atom. The number of aryl methyl sites for hydroxylation is 1. The average Bonchev–Trinajstić information content (AvgIpc) is 2.96. The van der Waals surface area contributed by atoms with Crippen LogP contribution in [0.5, 0.6) is 0 Å². The number of hydrogen-bond acceptors (Lipinski definition) is 4. The van der Waals surface area contributed by atoms with Crippen molar-refractivity contribution in [3.8, 4) is 0 Å². The van der Waals surface area contributed by atoms with Gasteiger partial charge in [0.2, 0.25) is 0 Å². The summed E-state index contributed by atoms with van der Waals surface area (Å²) in [5, 5.41) is 14.4. The molecule has 1 fully saturated rings. The molecule has 1 saturated carbocycles. The van der Waals surface area contributed by atoms with E-state index >= 15 is 0 Å². The van der Waals surface area contributed by atoms with Gasteiger partial charge in [-0.3, -0.25) is 0 Å². The molecule has 1 aliphatic rings. The number of nitrogens with zero attached hydrogens (tertiary/aromatic N) is 2. The lowest BCUT2D eigenvalue weighted by Crippen LogP contribution is -2.34. The number of anilines is 1. The summed E-state index contributed by atoms with van der Waals surface area (Å²) in [6.07, 6.45) is 5.01. The summed E-state index contributed by atoms with van der Waals surface area (Å²) < 4.78 is 0. The smallest absolute Gasteiger partial charge is 0.156 e. The Hall–Kier alpha value is -1.68. The number of rotatable bonds is 4. The van der Waals surface area contributed by atoms with Gasteiger partial charge in [-0.1, -0.05) is 37.1 Å². The van der Waals surface area contributed by atoms with Crippen LogP contribution in [-0.4, -0.2) is 23.3 Å². The third-order valence-electron chi connectivity index (χ3n) is 4.60. The van der Waals surface area contributed by atoms with Gasteiger partial charge in [-0.25, -0.2) is 0 Å². The minimum atomic E-state index is 0.244. The van der Waals surface area contributed by atoms with Crippen molar-refractivity contribution < 1.29 is 0 Å². The van der Waals surface area contributed by atoms with Crippen LogP contribution in [0.25, 0.3) is 10.8 Å². The van der Waals surface area contributed by atoms with Gasteiger partial charge < -0.3 is 11.1 Å². The highest BCUT2D eigenvalue weighted by molar-refractivity contribution is 5.92. The number of fused-ring (bicyclic) bond motifs is 1. The van der Waals surface area contributed by atoms with E-state index in [2.05, 4.69) is 27.6 Å². The first-order chi connectivity index (χ1) is 9.74. The molecule has 0 bridgehead atoms. The van der Waals surface area contributed by atoms with Crippen molar-refractivity contribution >= 4 is 16.6 Å². The molecule has 1 heterocycles. The van der Waals surface area contributed by atoms with Gasteiger partial charge in [0.15, 0.2) is 5.82 Å². The number of nitrogens with one attached hydrogen (secondary N) is 1. The van der Waals surface area contributed by atoms with E-state index in [9.17, 15) is 0 Å². The third-order valence-corrected chi connectivity index (χ3v) is 4.60. The topological polar surface area (TPSA) is 63.8 Å². The molecule has 0 unspecified atom stereocenters. The minimum absolute atomic E-state index is 0.244. The van der Waals surface area contributed by atoms with Gasteiger partial charge in [0, 0.05) is 17.3 Å². The van der Waals surface area contributed by atoms with Crippen molar-refractivity contribution in [1.82, 2.24) is 10.2 Å². The Balaban J connectivity index is 1.86. The van der Waals surface area contributed by atoms with E-state index in [1.807, 2.05) is 19.1 Å². The fraction of sp³-hybridized carbons (Fsp3) is 0.500. The van der Waals surface area contributed by atoms with Crippen LogP contribution < -0.4 is 11.1 Å². The maximum absolute atomic E-state index is 5.99. The van der Waals surface area contributed by atoms with Crippen LogP contribution in [0, 0.1) is 12.3 Å². The second-order valence-corrected chi connectivity index (χ2v) is 5.94. The van der Waals surface area contributed by atoms with Crippen LogP contribution in [0.1, 0.15) is 31.4 Å². The zero-order chi connectivity index (χ0) is 14.0. The van der Waals surface area contributed by atoms with E-state index < -0.39 is 0 Å². The molecule has 106 valence electrons. The zero-order valence-corrected chi connectivity index (χ0v) is 12.0. The Kier molecular flexibility index (Phi) is 3.57. The first-order valence-corrected chi connectivity index (χ1v) is 7.40. The van der Waals surface area contributed by atoms with Crippen molar-refractivity contribution in [2.24, 2.45) is 11.1 Å². The van der Waals surface area contributed by atoms with Gasteiger partial charge in [0.1, 0.15) is 0 Å². The molecule has 0 aliphatic heterocycles. The lowest BCUT2D eigenvalue weighted by molar-refractivity contribution is 0.332. The van der Waals surface area contributed by atoms with Crippen molar-refractivity contribution in [2.45, 2.75) is 32.6 Å². The zero-order valence-electron chi connectivity index (χ0n) is 12.0. The van der Waals surface area contributed by atoms with Crippen LogP contribution >= 0.6 is 0 Å². The van der Waals surface area contributed by atoms with Crippen LogP contribution in [0.4, 0.5) is 5.82 Å². The van der Waals surface area contributed by atoms with Crippen molar-refractivity contribution in [2.75, 3.05) is 18.4 Å². The maximum atomic E-state index is 5.99. The van der Waals surface area contributed by atoms with E-state index in [1.165, 1.54) is 31.1 Å². The number of aromatic nitrogens is 2. The van der Waals surface area contributed by atoms with Crippen LogP contribution in [0.15, 0.2) is 24.3 Å². The third kappa shape index (κ3) is 2.36. The Morgan fingerprint density at radius 2 is 1.85 bits per heavy atom. The van der Waals surface area contributed by atoms with E-state index in [4.69, 9.17) is 5.73 Å². The first kappa shape index (κ1) is 13.3. The maximum Gasteiger partial charge on any atom is 0.156 e. The molecule has 3 rings (SSSR count). The number of nitrogens with two attached hydrogens (primary N) is 1. The van der Waals surface area contributed by atoms with Crippen molar-refractivity contribution in [3.63, 3.8) is 0 Å². The molecule has 0 spiro atoms. The molecule has 1 aliphatic carbocycles. The van der Waals surface area contributed by atoms with Gasteiger partial charge in [-0.15, -0.1) is 5.10 Å². The highest BCUT2D eigenvalue weighted by Gasteiger charge is 2.32. The summed E-state index contributed by atoms with van der Waals surface area (Å²) in [5.74, 6) is 0.880. The monoisotopic (exact) mass is 270 g/mol. The molecule has 3 N–H and O–H groups in total. The lowest BCUT2D eigenvalue weighted by Gasteiger charge is -2.27. The summed E-state index contributed by atoms with van der Waals surface area (Å²) in [7, 11) is 0. The summed E-state index contributed by atoms with van der Waals surface area (Å²) in [4.78, 5) is 0. The van der Waals surface area contributed by atoms with Crippen molar-refractivity contribution in [1.29, 1.82) is 0 Å². The van der Waals surface area contributed by atoms with Crippen LogP contribution in [0.3, 0.4) is 0 Å². The second-order valence-electron chi connectivity index (χ2n) is 5.94. The molecule has 0 saturated heterocycles. The normalized spacial score (nSPS) is 17.5. The molecule has 4 nitrogen and oxygen atoms in total. The van der Waals surface area contributed by atoms with Gasteiger partial charge >= 0.3 is 0 Å². The minimum Gasteiger partial charge on any atom is -0.367 e. The van der Waals surface area contributed by atoms with Crippen LogP contribution in [0.2, 0.25) is 0 Å². The van der Waals surface area contributed by atoms with Crippen LogP contribution in [-0.2, 0) is 0 Å². The molecule has 20 heavy (non-hydrogen) atoms. The SMILES string of the molecule is Cc1nnc(NCC2(CN)CCCC2)c2ccccc12. The molecule has 0 radical (unpaired) electrons. The lowest BCUT2D eigenvalue weighted by atomic mass is 9.86. The standard InChI is InChI=1S/C16H22N4/c1-12-13-6-2-3-7-14(13)15(20-19-12)18-11-16(10-17)8-4-5-9-16/h2-3,6-7H,4-5,8-11,17H2,1H3,(H,18,20). The average molecular weight is 270 g/mol. The number of hydrogen-bond donors (Lipinski definition) is 2. The Labute approximate surface area is 119 Å². The highest BCUT2D eigenvalue weighted by Crippen LogP contribution is 2.37.